The van der Waals surface area contributed by atoms with Gasteiger partial charge in [0.2, 0.25) is 0 Å². The molecule has 1 fully saturated rings. The van der Waals surface area contributed by atoms with E-state index in [-0.39, 0.29) is 12.1 Å². The van der Waals surface area contributed by atoms with Crippen LogP contribution in [-0.2, 0) is 4.74 Å². The first-order valence-electron chi connectivity index (χ1n) is 7.70. The predicted molar refractivity (Wildman–Crippen MR) is 90.0 cm³/mol. The molecule has 2 rings (SSSR count). The number of hydrogen-bond acceptors (Lipinski definition) is 6. The van der Waals surface area contributed by atoms with Gasteiger partial charge in [0.15, 0.2) is 5.82 Å². The molecule has 2 heterocycles. The molecule has 8 heteroatoms. The molecule has 1 aliphatic rings. The van der Waals surface area contributed by atoms with Gasteiger partial charge in [-0.3, -0.25) is 0 Å². The van der Waals surface area contributed by atoms with Crippen molar-refractivity contribution in [2.75, 3.05) is 64.6 Å². The number of carbonyl (C=O) groups excluding carboxylic acids is 1. The number of nitrogens with one attached hydrogen (secondary N) is 1. The van der Waals surface area contributed by atoms with Crippen molar-refractivity contribution in [3.05, 3.63) is 11.8 Å². The van der Waals surface area contributed by atoms with Crippen LogP contribution < -0.4 is 10.2 Å². The Balaban J connectivity index is 2.05. The van der Waals surface area contributed by atoms with Crippen LogP contribution in [0.1, 0.15) is 5.69 Å². The maximum Gasteiger partial charge on any atom is 0.322 e. The number of hydrogen-bond donors (Lipinski definition) is 1. The summed E-state index contributed by atoms with van der Waals surface area (Å²) in [4.78, 5) is 18.2. The van der Waals surface area contributed by atoms with Crippen LogP contribution in [0, 0.1) is 6.92 Å². The van der Waals surface area contributed by atoms with Gasteiger partial charge < -0.3 is 24.8 Å². The number of ether oxygens (including phenoxy) is 1. The van der Waals surface area contributed by atoms with Crippen LogP contribution in [0.2, 0.25) is 0 Å². The smallest absolute Gasteiger partial charge is 0.322 e. The second-order valence-electron chi connectivity index (χ2n) is 6.25. The predicted octanol–water partition coefficient (Wildman–Crippen LogP) is 0.645. The highest BCUT2D eigenvalue weighted by Gasteiger charge is 2.25. The van der Waals surface area contributed by atoms with Crippen molar-refractivity contribution in [1.82, 2.24) is 20.0 Å². The second-order valence-corrected chi connectivity index (χ2v) is 6.25. The summed E-state index contributed by atoms with van der Waals surface area (Å²) in [6.07, 6.45) is 0.0371. The Bertz CT molecular complexity index is 549. The van der Waals surface area contributed by atoms with Gasteiger partial charge >= 0.3 is 6.03 Å². The Kier molecular flexibility index (Phi) is 5.73. The molecule has 0 aliphatic carbocycles. The molecule has 0 bridgehead atoms. The highest BCUT2D eigenvalue weighted by molar-refractivity contribution is 5.92. The molecule has 0 saturated carbocycles. The number of urea groups is 1. The minimum atomic E-state index is -0.132. The van der Waals surface area contributed by atoms with Gasteiger partial charge in [0.05, 0.1) is 24.1 Å². The Hall–Kier alpha value is -1.93. The van der Waals surface area contributed by atoms with Crippen LogP contribution in [0.5, 0.6) is 0 Å². The van der Waals surface area contributed by atoms with Crippen LogP contribution in [0.15, 0.2) is 6.07 Å². The number of aryl methyl sites for hydroxylation is 1. The molecule has 1 N–H and O–H groups in total. The number of carbonyl (C=O) groups is 1. The fourth-order valence-corrected chi connectivity index (χ4v) is 2.52. The van der Waals surface area contributed by atoms with Gasteiger partial charge in [-0.15, -0.1) is 5.10 Å². The Morgan fingerprint density at radius 2 is 2.13 bits per heavy atom. The van der Waals surface area contributed by atoms with E-state index < -0.39 is 0 Å². The van der Waals surface area contributed by atoms with Gasteiger partial charge in [-0.05, 0) is 27.1 Å². The van der Waals surface area contributed by atoms with E-state index in [4.69, 9.17) is 4.74 Å². The van der Waals surface area contributed by atoms with E-state index in [2.05, 4.69) is 20.4 Å². The molecular formula is C15H26N6O2. The van der Waals surface area contributed by atoms with Gasteiger partial charge in [0.25, 0.3) is 0 Å². The zero-order chi connectivity index (χ0) is 17.0. The highest BCUT2D eigenvalue weighted by atomic mass is 16.5. The number of morpholine rings is 1. The molecule has 0 aromatic carbocycles. The average Bonchev–Trinajstić information content (AvgIpc) is 2.46. The molecule has 1 aromatic rings. The third-order valence-electron chi connectivity index (χ3n) is 3.56. The zero-order valence-electron chi connectivity index (χ0n) is 14.5. The van der Waals surface area contributed by atoms with Crippen molar-refractivity contribution in [1.29, 1.82) is 0 Å². The summed E-state index contributed by atoms with van der Waals surface area (Å²) >= 11 is 0. The van der Waals surface area contributed by atoms with Crippen molar-refractivity contribution in [2.24, 2.45) is 0 Å². The Labute approximate surface area is 137 Å². The molecule has 23 heavy (non-hydrogen) atoms. The van der Waals surface area contributed by atoms with E-state index in [1.54, 1.807) is 4.90 Å². The summed E-state index contributed by atoms with van der Waals surface area (Å²) in [6, 6.07) is 1.70. The number of aromatic nitrogens is 2. The summed E-state index contributed by atoms with van der Waals surface area (Å²) in [6.45, 7) is 4.37. The normalized spacial score (nSPS) is 18.2. The standard InChI is InChI=1S/C15H26N6O2/c1-11-8-13(14(18-17-11)20(4)5)16-15(22)21-6-7-23-12(10-21)9-19(2)3/h8,12H,6-7,9-10H2,1-5H3,(H,16,17,22). The number of nitrogens with zero attached hydrogens (tertiary/aromatic N) is 5. The van der Waals surface area contributed by atoms with Gasteiger partial charge in [-0.1, -0.05) is 0 Å². The fraction of sp³-hybridized carbons (Fsp3) is 0.667. The van der Waals surface area contributed by atoms with Crippen LogP contribution >= 0.6 is 0 Å². The van der Waals surface area contributed by atoms with Crippen molar-refractivity contribution < 1.29 is 9.53 Å². The van der Waals surface area contributed by atoms with Gasteiger partial charge in [0, 0.05) is 33.7 Å². The van der Waals surface area contributed by atoms with Crippen molar-refractivity contribution in [3.8, 4) is 0 Å². The SMILES string of the molecule is Cc1cc(NC(=O)N2CCOC(CN(C)C)C2)c(N(C)C)nn1. The summed E-state index contributed by atoms with van der Waals surface area (Å²) in [5.74, 6) is 0.641. The molecule has 0 spiro atoms. The van der Waals surface area contributed by atoms with Gasteiger partial charge in [0.1, 0.15) is 0 Å². The van der Waals surface area contributed by atoms with Crippen molar-refractivity contribution >= 4 is 17.5 Å². The van der Waals surface area contributed by atoms with E-state index in [0.717, 1.165) is 12.2 Å². The lowest BCUT2D eigenvalue weighted by atomic mass is 10.2. The van der Waals surface area contributed by atoms with Gasteiger partial charge in [-0.25, -0.2) is 4.79 Å². The molecule has 1 unspecified atom stereocenters. The largest absolute Gasteiger partial charge is 0.373 e. The van der Waals surface area contributed by atoms with Crippen molar-refractivity contribution in [2.45, 2.75) is 13.0 Å². The quantitative estimate of drug-likeness (QED) is 0.877. The zero-order valence-corrected chi connectivity index (χ0v) is 14.5. The van der Waals surface area contributed by atoms with E-state index in [1.807, 2.05) is 46.1 Å². The number of rotatable bonds is 4. The van der Waals surface area contributed by atoms with Crippen LogP contribution in [-0.4, -0.2) is 86.6 Å². The van der Waals surface area contributed by atoms with Crippen LogP contribution in [0.3, 0.4) is 0 Å². The summed E-state index contributed by atoms with van der Waals surface area (Å²) in [5.41, 5.74) is 1.43. The Morgan fingerprint density at radius 3 is 2.78 bits per heavy atom. The maximum absolute atomic E-state index is 12.6. The van der Waals surface area contributed by atoms with E-state index in [1.165, 1.54) is 0 Å². The van der Waals surface area contributed by atoms with E-state index in [9.17, 15) is 4.79 Å². The fourth-order valence-electron chi connectivity index (χ4n) is 2.52. The molecule has 2 amide bonds. The van der Waals surface area contributed by atoms with Crippen LogP contribution in [0.4, 0.5) is 16.3 Å². The lowest BCUT2D eigenvalue weighted by Gasteiger charge is -2.34. The topological polar surface area (TPSA) is 73.8 Å². The van der Waals surface area contributed by atoms with E-state index >= 15 is 0 Å². The molecule has 0 radical (unpaired) electrons. The highest BCUT2D eigenvalue weighted by Crippen LogP contribution is 2.21. The van der Waals surface area contributed by atoms with E-state index in [0.29, 0.717) is 31.2 Å². The molecule has 8 nitrogen and oxygen atoms in total. The summed E-state index contributed by atoms with van der Waals surface area (Å²) in [5, 5.41) is 11.1. The van der Waals surface area contributed by atoms with Crippen molar-refractivity contribution in [3.63, 3.8) is 0 Å². The first-order chi connectivity index (χ1) is 10.9. The molecule has 1 atom stereocenters. The lowest BCUT2D eigenvalue weighted by molar-refractivity contribution is -0.0228. The Morgan fingerprint density at radius 1 is 1.39 bits per heavy atom. The third kappa shape index (κ3) is 4.77. The minimum Gasteiger partial charge on any atom is -0.373 e. The number of amides is 2. The summed E-state index contributed by atoms with van der Waals surface area (Å²) in [7, 11) is 7.74. The third-order valence-corrected chi connectivity index (χ3v) is 3.56. The molecule has 128 valence electrons. The number of likely N-dealkylation sites (N-methyl/N-ethyl adjacent to an activating group) is 1. The maximum atomic E-state index is 12.6. The lowest BCUT2D eigenvalue weighted by Crippen LogP contribution is -2.50. The number of anilines is 2. The molecule has 1 aromatic heterocycles. The first kappa shape index (κ1) is 17.4. The molecule has 1 saturated heterocycles. The average molecular weight is 322 g/mol. The van der Waals surface area contributed by atoms with Crippen LogP contribution in [0.25, 0.3) is 0 Å². The monoisotopic (exact) mass is 322 g/mol. The first-order valence-corrected chi connectivity index (χ1v) is 7.70. The molecular weight excluding hydrogens is 296 g/mol. The van der Waals surface area contributed by atoms with Gasteiger partial charge in [-0.2, -0.15) is 5.10 Å². The molecule has 1 aliphatic heterocycles. The summed E-state index contributed by atoms with van der Waals surface area (Å²) < 4.78 is 5.71. The second kappa shape index (κ2) is 7.56. The minimum absolute atomic E-state index is 0.0371.